The molecule has 1 aliphatic rings. The minimum atomic E-state index is -0.733. The Hall–Kier alpha value is -2.04. The molecule has 0 aromatic heterocycles. The lowest BCUT2D eigenvalue weighted by Gasteiger charge is -2.26. The Morgan fingerprint density at radius 3 is 2.45 bits per heavy atom. The van der Waals surface area contributed by atoms with E-state index in [1.807, 2.05) is 32.0 Å². The molecule has 0 atom stereocenters. The number of amides is 1. The van der Waals surface area contributed by atoms with Gasteiger partial charge in [-0.1, -0.05) is 6.07 Å². The maximum absolute atomic E-state index is 11.9. The fourth-order valence-electron chi connectivity index (χ4n) is 2.71. The number of carbonyl (C=O) groups is 2. The van der Waals surface area contributed by atoms with Crippen molar-refractivity contribution in [2.45, 2.75) is 45.6 Å². The quantitative estimate of drug-likeness (QED) is 0.876. The minimum absolute atomic E-state index is 0.0125. The van der Waals surface area contributed by atoms with Gasteiger partial charge in [-0.2, -0.15) is 0 Å². The number of ether oxygens (including phenoxy) is 1. The standard InChI is InChI=1S/C17H23NO4/c1-11-3-8-15(9-12(11)2)22-10-16(19)18-14-6-4-13(5-7-14)17(20)21/h3,8-9,13-14H,4-7,10H2,1-2H3,(H,18,19)(H,20,21). The van der Waals surface area contributed by atoms with Crippen molar-refractivity contribution in [2.24, 2.45) is 5.92 Å². The van der Waals surface area contributed by atoms with E-state index in [0.29, 0.717) is 31.4 Å². The monoisotopic (exact) mass is 305 g/mol. The van der Waals surface area contributed by atoms with E-state index in [-0.39, 0.29) is 24.5 Å². The molecule has 0 spiro atoms. The molecule has 5 heteroatoms. The van der Waals surface area contributed by atoms with Crippen molar-refractivity contribution >= 4 is 11.9 Å². The van der Waals surface area contributed by atoms with Gasteiger partial charge in [0.1, 0.15) is 5.75 Å². The Kier molecular flexibility index (Phi) is 5.41. The van der Waals surface area contributed by atoms with Crippen LogP contribution in [0.3, 0.4) is 0 Å². The molecule has 0 heterocycles. The molecule has 22 heavy (non-hydrogen) atoms. The Morgan fingerprint density at radius 2 is 1.86 bits per heavy atom. The number of nitrogens with one attached hydrogen (secondary N) is 1. The summed E-state index contributed by atoms with van der Waals surface area (Å²) < 4.78 is 5.50. The number of carbonyl (C=O) groups excluding carboxylic acids is 1. The summed E-state index contributed by atoms with van der Waals surface area (Å²) in [5.74, 6) is -0.465. The van der Waals surface area contributed by atoms with Crippen LogP contribution in [0.15, 0.2) is 18.2 Å². The molecule has 5 nitrogen and oxygen atoms in total. The molecule has 0 radical (unpaired) electrons. The van der Waals surface area contributed by atoms with Crippen molar-refractivity contribution in [1.29, 1.82) is 0 Å². The zero-order valence-electron chi connectivity index (χ0n) is 13.1. The Labute approximate surface area is 130 Å². The van der Waals surface area contributed by atoms with Gasteiger partial charge in [-0.25, -0.2) is 0 Å². The summed E-state index contributed by atoms with van der Waals surface area (Å²) in [5, 5.41) is 11.9. The average molecular weight is 305 g/mol. The van der Waals surface area contributed by atoms with Gasteiger partial charge in [-0.15, -0.1) is 0 Å². The number of carboxylic acid groups (broad SMARTS) is 1. The molecule has 2 rings (SSSR count). The van der Waals surface area contributed by atoms with Crippen molar-refractivity contribution in [1.82, 2.24) is 5.32 Å². The van der Waals surface area contributed by atoms with E-state index in [0.717, 1.165) is 5.56 Å². The number of aliphatic carboxylic acids is 1. The molecule has 1 aromatic carbocycles. The third-order valence-corrected chi connectivity index (χ3v) is 4.29. The van der Waals surface area contributed by atoms with Crippen molar-refractivity contribution in [2.75, 3.05) is 6.61 Å². The highest BCUT2D eigenvalue weighted by Crippen LogP contribution is 2.24. The third-order valence-electron chi connectivity index (χ3n) is 4.29. The number of benzene rings is 1. The number of hydrogen-bond acceptors (Lipinski definition) is 3. The Balaban J connectivity index is 1.74. The molecule has 120 valence electrons. The molecule has 1 amide bonds. The van der Waals surface area contributed by atoms with Gasteiger partial charge >= 0.3 is 5.97 Å². The highest BCUT2D eigenvalue weighted by molar-refractivity contribution is 5.78. The van der Waals surface area contributed by atoms with Crippen LogP contribution < -0.4 is 10.1 Å². The first-order chi connectivity index (χ1) is 10.5. The minimum Gasteiger partial charge on any atom is -0.484 e. The highest BCUT2D eigenvalue weighted by Gasteiger charge is 2.26. The van der Waals surface area contributed by atoms with Crippen LogP contribution in [0.2, 0.25) is 0 Å². The van der Waals surface area contributed by atoms with E-state index in [1.54, 1.807) is 0 Å². The van der Waals surface area contributed by atoms with Gasteiger partial charge in [0.2, 0.25) is 0 Å². The van der Waals surface area contributed by atoms with Gasteiger partial charge in [0, 0.05) is 6.04 Å². The Bertz CT molecular complexity index is 548. The maximum atomic E-state index is 11.9. The van der Waals surface area contributed by atoms with Gasteiger partial charge in [0.15, 0.2) is 6.61 Å². The molecule has 0 unspecified atom stereocenters. The second kappa shape index (κ2) is 7.29. The van der Waals surface area contributed by atoms with E-state index in [4.69, 9.17) is 9.84 Å². The predicted octanol–water partition coefficient (Wildman–Crippen LogP) is 2.44. The number of aryl methyl sites for hydroxylation is 2. The van der Waals surface area contributed by atoms with Gasteiger partial charge in [-0.3, -0.25) is 9.59 Å². The van der Waals surface area contributed by atoms with Crippen LogP contribution in [0.5, 0.6) is 5.75 Å². The van der Waals surface area contributed by atoms with E-state index < -0.39 is 5.97 Å². The second-order valence-corrected chi connectivity index (χ2v) is 5.99. The van der Waals surface area contributed by atoms with Crippen LogP contribution in [0.1, 0.15) is 36.8 Å². The fraction of sp³-hybridized carbons (Fsp3) is 0.529. The average Bonchev–Trinajstić information content (AvgIpc) is 2.49. The second-order valence-electron chi connectivity index (χ2n) is 5.99. The summed E-state index contributed by atoms with van der Waals surface area (Å²) in [6.07, 6.45) is 2.68. The first-order valence-corrected chi connectivity index (χ1v) is 7.68. The number of rotatable bonds is 5. The topological polar surface area (TPSA) is 75.6 Å². The first kappa shape index (κ1) is 16.3. The third kappa shape index (κ3) is 4.48. The lowest BCUT2D eigenvalue weighted by Crippen LogP contribution is -2.40. The van der Waals surface area contributed by atoms with Crippen molar-refractivity contribution in [3.8, 4) is 5.75 Å². The molecule has 0 saturated heterocycles. The maximum Gasteiger partial charge on any atom is 0.306 e. The predicted molar refractivity (Wildman–Crippen MR) is 82.9 cm³/mol. The van der Waals surface area contributed by atoms with E-state index in [1.165, 1.54) is 5.56 Å². The van der Waals surface area contributed by atoms with Gasteiger partial charge in [-0.05, 0) is 62.8 Å². The van der Waals surface area contributed by atoms with Crippen LogP contribution in [-0.4, -0.2) is 29.6 Å². The van der Waals surface area contributed by atoms with Crippen molar-refractivity contribution in [3.05, 3.63) is 29.3 Å². The molecule has 1 aromatic rings. The molecule has 2 N–H and O–H groups in total. The van der Waals surface area contributed by atoms with Crippen LogP contribution in [0.4, 0.5) is 0 Å². The number of hydrogen-bond donors (Lipinski definition) is 2. The summed E-state index contributed by atoms with van der Waals surface area (Å²) in [7, 11) is 0. The zero-order valence-corrected chi connectivity index (χ0v) is 13.1. The normalized spacial score (nSPS) is 21.2. The summed E-state index contributed by atoms with van der Waals surface area (Å²) in [5.41, 5.74) is 2.32. The van der Waals surface area contributed by atoms with E-state index >= 15 is 0 Å². The smallest absolute Gasteiger partial charge is 0.306 e. The summed E-state index contributed by atoms with van der Waals surface area (Å²) in [6, 6.07) is 5.80. The van der Waals surface area contributed by atoms with E-state index in [9.17, 15) is 9.59 Å². The van der Waals surface area contributed by atoms with Crippen LogP contribution >= 0.6 is 0 Å². The summed E-state index contributed by atoms with van der Waals surface area (Å²) >= 11 is 0. The molecule has 1 aliphatic carbocycles. The highest BCUT2D eigenvalue weighted by atomic mass is 16.5. The molecule has 0 aliphatic heterocycles. The zero-order chi connectivity index (χ0) is 16.1. The molecular formula is C17H23NO4. The lowest BCUT2D eigenvalue weighted by atomic mass is 9.86. The van der Waals surface area contributed by atoms with Gasteiger partial charge in [0.25, 0.3) is 5.91 Å². The SMILES string of the molecule is Cc1ccc(OCC(=O)NC2CCC(C(=O)O)CC2)cc1C. The molecule has 1 fully saturated rings. The fourth-order valence-corrected chi connectivity index (χ4v) is 2.71. The van der Waals surface area contributed by atoms with Crippen LogP contribution in [0, 0.1) is 19.8 Å². The van der Waals surface area contributed by atoms with Crippen LogP contribution in [-0.2, 0) is 9.59 Å². The first-order valence-electron chi connectivity index (χ1n) is 7.68. The number of carboxylic acids is 1. The summed E-state index contributed by atoms with van der Waals surface area (Å²) in [6.45, 7) is 4.02. The van der Waals surface area contributed by atoms with Crippen LogP contribution in [0.25, 0.3) is 0 Å². The lowest BCUT2D eigenvalue weighted by molar-refractivity contribution is -0.142. The Morgan fingerprint density at radius 1 is 1.18 bits per heavy atom. The van der Waals surface area contributed by atoms with Crippen molar-refractivity contribution < 1.29 is 19.4 Å². The van der Waals surface area contributed by atoms with E-state index in [2.05, 4.69) is 5.32 Å². The molecule has 0 bridgehead atoms. The largest absolute Gasteiger partial charge is 0.484 e. The molecule has 1 saturated carbocycles. The van der Waals surface area contributed by atoms with Gasteiger partial charge < -0.3 is 15.2 Å². The molecular weight excluding hydrogens is 282 g/mol. The van der Waals surface area contributed by atoms with Gasteiger partial charge in [0.05, 0.1) is 5.92 Å². The van der Waals surface area contributed by atoms with Crippen molar-refractivity contribution in [3.63, 3.8) is 0 Å². The summed E-state index contributed by atoms with van der Waals surface area (Å²) in [4.78, 5) is 22.8.